The largest absolute Gasteiger partial charge is 0.473 e. The number of nitrogens with zero attached hydrogens (tertiary/aromatic N) is 2. The van der Waals surface area contributed by atoms with Gasteiger partial charge in [0.2, 0.25) is 0 Å². The molecule has 0 aliphatic heterocycles. The van der Waals surface area contributed by atoms with Crippen LogP contribution in [0, 0.1) is 16.0 Å². The Morgan fingerprint density at radius 3 is 2.89 bits per heavy atom. The zero-order valence-electron chi connectivity index (χ0n) is 9.96. The fourth-order valence-electron chi connectivity index (χ4n) is 1.86. The molecule has 1 aromatic rings. The van der Waals surface area contributed by atoms with Crippen molar-refractivity contribution in [3.8, 4) is 5.88 Å². The SMILES string of the molecule is NNc1ccc([N+](=O)[O-])c(OCCC2CCC2)n1. The van der Waals surface area contributed by atoms with Crippen LogP contribution in [0.25, 0.3) is 0 Å². The van der Waals surface area contributed by atoms with Gasteiger partial charge in [-0.25, -0.2) is 5.84 Å². The molecule has 7 heteroatoms. The Morgan fingerprint density at radius 1 is 1.56 bits per heavy atom. The summed E-state index contributed by atoms with van der Waals surface area (Å²) in [6.07, 6.45) is 4.64. The number of nitrogens with one attached hydrogen (secondary N) is 1. The first kappa shape index (κ1) is 12.6. The van der Waals surface area contributed by atoms with Crippen molar-refractivity contribution < 1.29 is 9.66 Å². The molecule has 0 unspecified atom stereocenters. The zero-order valence-corrected chi connectivity index (χ0v) is 9.96. The van der Waals surface area contributed by atoms with Crippen LogP contribution in [0.4, 0.5) is 11.5 Å². The van der Waals surface area contributed by atoms with E-state index in [-0.39, 0.29) is 11.6 Å². The topological polar surface area (TPSA) is 103 Å². The fraction of sp³-hybridized carbons (Fsp3) is 0.545. The molecule has 7 nitrogen and oxygen atoms in total. The van der Waals surface area contributed by atoms with Gasteiger partial charge in [0, 0.05) is 6.07 Å². The van der Waals surface area contributed by atoms with Crippen molar-refractivity contribution in [2.45, 2.75) is 25.7 Å². The third-order valence-electron chi connectivity index (χ3n) is 3.17. The predicted molar refractivity (Wildman–Crippen MR) is 66.2 cm³/mol. The number of rotatable bonds is 6. The quantitative estimate of drug-likeness (QED) is 0.455. The fourth-order valence-corrected chi connectivity index (χ4v) is 1.86. The van der Waals surface area contributed by atoms with E-state index in [1.54, 1.807) is 0 Å². The van der Waals surface area contributed by atoms with Gasteiger partial charge in [-0.15, -0.1) is 0 Å². The summed E-state index contributed by atoms with van der Waals surface area (Å²) in [5.74, 6) is 6.28. The molecule has 2 rings (SSSR count). The number of hydrogen-bond donors (Lipinski definition) is 2. The van der Waals surface area contributed by atoms with Crippen molar-refractivity contribution in [2.75, 3.05) is 12.0 Å². The Morgan fingerprint density at radius 2 is 2.33 bits per heavy atom. The summed E-state index contributed by atoms with van der Waals surface area (Å²) < 4.78 is 5.40. The number of ether oxygens (including phenoxy) is 1. The summed E-state index contributed by atoms with van der Waals surface area (Å²) in [6, 6.07) is 2.78. The molecule has 3 N–H and O–H groups in total. The maximum Gasteiger partial charge on any atom is 0.331 e. The van der Waals surface area contributed by atoms with Gasteiger partial charge in [-0.3, -0.25) is 10.1 Å². The van der Waals surface area contributed by atoms with Gasteiger partial charge in [-0.05, 0) is 18.4 Å². The van der Waals surface area contributed by atoms with E-state index in [0.29, 0.717) is 18.3 Å². The number of anilines is 1. The third kappa shape index (κ3) is 2.86. The lowest BCUT2D eigenvalue weighted by atomic mass is 9.83. The Kier molecular flexibility index (Phi) is 3.93. The summed E-state index contributed by atoms with van der Waals surface area (Å²) in [5, 5.41) is 10.8. The van der Waals surface area contributed by atoms with Crippen molar-refractivity contribution in [2.24, 2.45) is 11.8 Å². The standard InChI is InChI=1S/C11H16N4O3/c12-14-10-5-4-9(15(16)17)11(13-10)18-7-6-8-2-1-3-8/h4-5,8H,1-3,6-7,12H2,(H,13,14). The molecule has 98 valence electrons. The van der Waals surface area contributed by atoms with Crippen LogP contribution in [0.1, 0.15) is 25.7 Å². The van der Waals surface area contributed by atoms with Gasteiger partial charge in [0.25, 0.3) is 5.88 Å². The summed E-state index contributed by atoms with van der Waals surface area (Å²) >= 11 is 0. The van der Waals surface area contributed by atoms with Crippen LogP contribution in [-0.4, -0.2) is 16.5 Å². The van der Waals surface area contributed by atoms with E-state index in [0.717, 1.165) is 6.42 Å². The monoisotopic (exact) mass is 252 g/mol. The van der Waals surface area contributed by atoms with Gasteiger partial charge in [-0.1, -0.05) is 19.3 Å². The molecule has 1 saturated carbocycles. The Balaban J connectivity index is 2.00. The van der Waals surface area contributed by atoms with E-state index >= 15 is 0 Å². The van der Waals surface area contributed by atoms with Crippen LogP contribution in [0.3, 0.4) is 0 Å². The van der Waals surface area contributed by atoms with Crippen molar-refractivity contribution >= 4 is 11.5 Å². The number of nitrogens with two attached hydrogens (primary N) is 1. The second kappa shape index (κ2) is 5.63. The molecule has 1 aromatic heterocycles. The number of nitrogen functional groups attached to an aromatic ring is 1. The van der Waals surface area contributed by atoms with Gasteiger partial charge in [0.15, 0.2) is 0 Å². The van der Waals surface area contributed by atoms with Gasteiger partial charge in [-0.2, -0.15) is 4.98 Å². The van der Waals surface area contributed by atoms with Crippen molar-refractivity contribution in [3.05, 3.63) is 22.2 Å². The van der Waals surface area contributed by atoms with Crippen LogP contribution in [0.5, 0.6) is 5.88 Å². The van der Waals surface area contributed by atoms with E-state index in [4.69, 9.17) is 10.6 Å². The second-order valence-electron chi connectivity index (χ2n) is 4.36. The number of hydrazine groups is 1. The Labute approximate surface area is 104 Å². The van der Waals surface area contributed by atoms with Gasteiger partial charge in [0.05, 0.1) is 11.5 Å². The minimum atomic E-state index is -0.508. The molecule has 1 fully saturated rings. The minimum absolute atomic E-state index is 0.0229. The first-order chi connectivity index (χ1) is 8.70. The summed E-state index contributed by atoms with van der Waals surface area (Å²) in [4.78, 5) is 14.3. The first-order valence-electron chi connectivity index (χ1n) is 5.95. The van der Waals surface area contributed by atoms with Gasteiger partial charge < -0.3 is 10.2 Å². The second-order valence-corrected chi connectivity index (χ2v) is 4.36. The maximum atomic E-state index is 10.8. The van der Waals surface area contributed by atoms with Crippen LogP contribution in [-0.2, 0) is 0 Å². The molecule has 0 aromatic carbocycles. The van der Waals surface area contributed by atoms with E-state index in [1.807, 2.05) is 0 Å². The lowest BCUT2D eigenvalue weighted by Crippen LogP contribution is -2.15. The third-order valence-corrected chi connectivity index (χ3v) is 3.17. The molecular weight excluding hydrogens is 236 g/mol. The average Bonchev–Trinajstić information content (AvgIpc) is 2.31. The zero-order chi connectivity index (χ0) is 13.0. The van der Waals surface area contributed by atoms with E-state index < -0.39 is 4.92 Å². The molecule has 0 amide bonds. The van der Waals surface area contributed by atoms with Crippen molar-refractivity contribution in [1.82, 2.24) is 4.98 Å². The molecule has 0 saturated heterocycles. The summed E-state index contributed by atoms with van der Waals surface area (Å²) in [5.41, 5.74) is 2.20. The Bertz CT molecular complexity index is 434. The number of hydrogen-bond acceptors (Lipinski definition) is 6. The minimum Gasteiger partial charge on any atom is -0.473 e. The highest BCUT2D eigenvalue weighted by Gasteiger charge is 2.20. The Hall–Kier alpha value is -1.89. The summed E-state index contributed by atoms with van der Waals surface area (Å²) in [7, 11) is 0. The van der Waals surface area contributed by atoms with Crippen LogP contribution in [0.15, 0.2) is 12.1 Å². The number of nitro groups is 1. The highest BCUT2D eigenvalue weighted by molar-refractivity contribution is 5.48. The van der Waals surface area contributed by atoms with E-state index in [2.05, 4.69) is 10.4 Å². The molecule has 0 atom stereocenters. The number of pyridine rings is 1. The van der Waals surface area contributed by atoms with Crippen LogP contribution < -0.4 is 16.0 Å². The molecule has 0 spiro atoms. The van der Waals surface area contributed by atoms with Crippen molar-refractivity contribution in [3.63, 3.8) is 0 Å². The molecule has 18 heavy (non-hydrogen) atoms. The predicted octanol–water partition coefficient (Wildman–Crippen LogP) is 1.84. The molecule has 1 heterocycles. The lowest BCUT2D eigenvalue weighted by Gasteiger charge is -2.24. The van der Waals surface area contributed by atoms with Gasteiger partial charge >= 0.3 is 5.69 Å². The van der Waals surface area contributed by atoms with E-state index in [9.17, 15) is 10.1 Å². The molecular formula is C11H16N4O3. The van der Waals surface area contributed by atoms with Crippen LogP contribution in [0.2, 0.25) is 0 Å². The van der Waals surface area contributed by atoms with E-state index in [1.165, 1.54) is 31.4 Å². The molecule has 0 radical (unpaired) electrons. The molecule has 0 bridgehead atoms. The highest BCUT2D eigenvalue weighted by Crippen LogP contribution is 2.30. The lowest BCUT2D eigenvalue weighted by molar-refractivity contribution is -0.386. The smallest absolute Gasteiger partial charge is 0.331 e. The summed E-state index contributed by atoms with van der Waals surface area (Å²) in [6.45, 7) is 0.451. The maximum absolute atomic E-state index is 10.8. The van der Waals surface area contributed by atoms with Crippen molar-refractivity contribution in [1.29, 1.82) is 0 Å². The van der Waals surface area contributed by atoms with Crippen LogP contribution >= 0.6 is 0 Å². The number of aromatic nitrogens is 1. The van der Waals surface area contributed by atoms with Gasteiger partial charge in [0.1, 0.15) is 5.82 Å². The molecule has 1 aliphatic carbocycles. The highest BCUT2D eigenvalue weighted by atomic mass is 16.6. The average molecular weight is 252 g/mol. The normalized spacial score (nSPS) is 14.9. The first-order valence-corrected chi connectivity index (χ1v) is 5.95. The molecule has 1 aliphatic rings.